The third-order valence-corrected chi connectivity index (χ3v) is 11.6. The molecule has 3 atom stereocenters. The number of aliphatic hydroxyl groups is 1. The molecule has 360 valence electrons. The molecule has 0 aliphatic carbocycles. The lowest BCUT2D eigenvalue weighted by atomic mass is 10.0. The summed E-state index contributed by atoms with van der Waals surface area (Å²) in [6, 6.07) is -1.56. The molecule has 0 fully saturated rings. The zero-order chi connectivity index (χ0) is 45.6. The van der Waals surface area contributed by atoms with Gasteiger partial charge < -0.3 is 25.2 Å². The van der Waals surface area contributed by atoms with Crippen LogP contribution >= 0.6 is 7.82 Å². The van der Waals surface area contributed by atoms with E-state index >= 15 is 0 Å². The van der Waals surface area contributed by atoms with Gasteiger partial charge in [-0.3, -0.25) is 18.6 Å². The number of unbranched alkanes of at least 4 members (excludes halogenated alkanes) is 24. The molecule has 0 saturated heterocycles. The van der Waals surface area contributed by atoms with Crippen molar-refractivity contribution in [1.82, 2.24) is 5.32 Å². The van der Waals surface area contributed by atoms with Crippen LogP contribution in [0.25, 0.3) is 0 Å². The Kier molecular flexibility index (Phi) is 43.2. The van der Waals surface area contributed by atoms with Gasteiger partial charge in [0.1, 0.15) is 12.7 Å². The topological polar surface area (TPSA) is 169 Å². The summed E-state index contributed by atoms with van der Waals surface area (Å²) in [5.74, 6) is -2.39. The van der Waals surface area contributed by atoms with E-state index in [1.807, 2.05) is 0 Å². The van der Waals surface area contributed by atoms with Gasteiger partial charge in [0, 0.05) is 12.8 Å². The smallest absolute Gasteiger partial charge is 0.472 e. The van der Waals surface area contributed by atoms with Crippen molar-refractivity contribution >= 4 is 25.7 Å². The highest BCUT2D eigenvalue weighted by Gasteiger charge is 2.28. The lowest BCUT2D eigenvalue weighted by Gasteiger charge is -2.18. The second-order valence-electron chi connectivity index (χ2n) is 16.7. The average Bonchev–Trinajstić information content (AvgIpc) is 3.25. The van der Waals surface area contributed by atoms with E-state index in [-0.39, 0.29) is 12.8 Å². The van der Waals surface area contributed by atoms with Crippen LogP contribution in [0.3, 0.4) is 0 Å². The van der Waals surface area contributed by atoms with Gasteiger partial charge in [-0.1, -0.05) is 197 Å². The Labute approximate surface area is 377 Å². The van der Waals surface area contributed by atoms with Crippen molar-refractivity contribution in [2.24, 2.45) is 0 Å². The fraction of sp³-hybridized carbons (Fsp3) is 0.780. The van der Waals surface area contributed by atoms with Gasteiger partial charge in [-0.25, -0.2) is 9.36 Å². The summed E-state index contributed by atoms with van der Waals surface area (Å²) in [7, 11) is -4.77. The zero-order valence-corrected chi connectivity index (χ0v) is 40.1. The standard InChI is InChI=1S/C50H90NO10P/c1-3-5-7-9-11-13-15-17-19-21-22-23-24-26-27-29-31-33-35-37-39-41-48(53)51-47(50(55)56)45-61-62(57,58)60-44-46(52)43-59-49(54)42-40-38-36-34-32-30-28-25-20-18-16-14-12-10-8-6-4-2/h11,13,17,19,22-23,26-27,46-47,52H,3-10,12,14-16,18,20-21,24-25,28-45H2,1-2H3,(H,51,53)(H,55,56)(H,57,58)/b13-11-,19-17-,23-22-,27-26-. The molecule has 0 aromatic heterocycles. The van der Waals surface area contributed by atoms with Crippen LogP contribution in [0.15, 0.2) is 48.6 Å². The van der Waals surface area contributed by atoms with Crippen LogP contribution in [0.4, 0.5) is 0 Å². The summed E-state index contributed by atoms with van der Waals surface area (Å²) in [5, 5.41) is 21.9. The number of carbonyl (C=O) groups is 3. The number of esters is 1. The minimum Gasteiger partial charge on any atom is -0.480 e. The fourth-order valence-electron chi connectivity index (χ4n) is 6.77. The van der Waals surface area contributed by atoms with E-state index in [9.17, 15) is 34.1 Å². The third kappa shape index (κ3) is 44.1. The predicted molar refractivity (Wildman–Crippen MR) is 254 cm³/mol. The summed E-state index contributed by atoms with van der Waals surface area (Å²) >= 11 is 0. The number of allylic oxidation sites excluding steroid dienone is 8. The van der Waals surface area contributed by atoms with Crippen LogP contribution in [-0.2, 0) is 32.7 Å². The van der Waals surface area contributed by atoms with Gasteiger partial charge in [-0.05, 0) is 57.8 Å². The number of carboxylic acid groups (broad SMARTS) is 1. The largest absolute Gasteiger partial charge is 0.480 e. The van der Waals surface area contributed by atoms with Crippen LogP contribution in [0.1, 0.15) is 219 Å². The number of ether oxygens (including phenoxy) is 1. The number of rotatable bonds is 46. The van der Waals surface area contributed by atoms with Crippen LogP contribution in [-0.4, -0.2) is 64.9 Å². The molecule has 12 heteroatoms. The Bertz CT molecular complexity index is 1240. The van der Waals surface area contributed by atoms with Crippen LogP contribution < -0.4 is 5.32 Å². The average molecular weight is 896 g/mol. The quantitative estimate of drug-likeness (QED) is 0.0200. The monoisotopic (exact) mass is 896 g/mol. The van der Waals surface area contributed by atoms with E-state index in [1.165, 1.54) is 109 Å². The number of phosphoric acid groups is 1. The highest BCUT2D eigenvalue weighted by atomic mass is 31.2. The van der Waals surface area contributed by atoms with Crippen molar-refractivity contribution in [3.05, 3.63) is 48.6 Å². The van der Waals surface area contributed by atoms with Gasteiger partial charge in [0.25, 0.3) is 0 Å². The molecule has 3 unspecified atom stereocenters. The number of aliphatic carboxylic acids is 1. The summed E-state index contributed by atoms with van der Waals surface area (Å²) in [6.07, 6.45) is 51.3. The van der Waals surface area contributed by atoms with Crippen molar-refractivity contribution in [1.29, 1.82) is 0 Å². The van der Waals surface area contributed by atoms with E-state index in [4.69, 9.17) is 13.8 Å². The Morgan fingerprint density at radius 3 is 1.35 bits per heavy atom. The lowest BCUT2D eigenvalue weighted by Crippen LogP contribution is -2.43. The maximum atomic E-state index is 12.3. The number of amides is 1. The van der Waals surface area contributed by atoms with Crippen LogP contribution in [0.5, 0.6) is 0 Å². The van der Waals surface area contributed by atoms with Crippen molar-refractivity contribution < 1.29 is 47.8 Å². The van der Waals surface area contributed by atoms with E-state index in [1.54, 1.807) is 0 Å². The number of carboxylic acids is 1. The molecular weight excluding hydrogens is 806 g/mol. The van der Waals surface area contributed by atoms with Crippen LogP contribution in [0, 0.1) is 0 Å². The number of hydrogen-bond acceptors (Lipinski definition) is 8. The first-order chi connectivity index (χ1) is 30.1. The molecule has 0 spiro atoms. The summed E-state index contributed by atoms with van der Waals surface area (Å²) in [6.45, 7) is 2.58. The molecule has 62 heavy (non-hydrogen) atoms. The van der Waals surface area contributed by atoms with Gasteiger partial charge in [-0.15, -0.1) is 0 Å². The molecule has 0 aromatic carbocycles. The number of aliphatic hydroxyl groups excluding tert-OH is 1. The first-order valence-electron chi connectivity index (χ1n) is 24.7. The van der Waals surface area contributed by atoms with Crippen molar-refractivity contribution in [2.45, 2.75) is 231 Å². The maximum absolute atomic E-state index is 12.3. The molecule has 1 amide bonds. The zero-order valence-electron chi connectivity index (χ0n) is 39.2. The molecule has 11 nitrogen and oxygen atoms in total. The van der Waals surface area contributed by atoms with Gasteiger partial charge in [-0.2, -0.15) is 0 Å². The summed E-state index contributed by atoms with van der Waals surface area (Å²) in [4.78, 5) is 46.1. The summed E-state index contributed by atoms with van der Waals surface area (Å²) < 4.78 is 26.9. The van der Waals surface area contributed by atoms with E-state index in [0.717, 1.165) is 70.6 Å². The minimum atomic E-state index is -4.77. The van der Waals surface area contributed by atoms with Crippen molar-refractivity contribution in [3.8, 4) is 0 Å². The van der Waals surface area contributed by atoms with E-state index < -0.39 is 57.6 Å². The molecule has 4 N–H and O–H groups in total. The second-order valence-corrected chi connectivity index (χ2v) is 18.1. The minimum absolute atomic E-state index is 0.124. The molecule has 0 aliphatic heterocycles. The van der Waals surface area contributed by atoms with E-state index in [2.05, 4.69) is 67.8 Å². The lowest BCUT2D eigenvalue weighted by molar-refractivity contribution is -0.147. The van der Waals surface area contributed by atoms with Gasteiger partial charge in [0.2, 0.25) is 5.91 Å². The number of phosphoric ester groups is 1. The maximum Gasteiger partial charge on any atom is 0.472 e. The molecule has 0 aliphatic rings. The Morgan fingerprint density at radius 1 is 0.516 bits per heavy atom. The highest BCUT2D eigenvalue weighted by Crippen LogP contribution is 2.43. The first-order valence-corrected chi connectivity index (χ1v) is 26.2. The van der Waals surface area contributed by atoms with Crippen molar-refractivity contribution in [3.63, 3.8) is 0 Å². The number of nitrogens with one attached hydrogen (secondary N) is 1. The molecule has 0 rings (SSSR count). The number of hydrogen-bond donors (Lipinski definition) is 4. The SMILES string of the molecule is CCCCC/C=C\C/C=C\C/C=C\C/C=C\CCCCCCCC(=O)NC(COP(=O)(O)OCC(O)COC(=O)CCCCCCCCCCCCCCCCCCC)C(=O)O. The number of carbonyl (C=O) groups excluding carboxylic acids is 2. The third-order valence-electron chi connectivity index (χ3n) is 10.6. The molecule has 0 heterocycles. The normalized spacial score (nSPS) is 14.0. The van der Waals surface area contributed by atoms with E-state index in [0.29, 0.717) is 12.8 Å². The summed E-state index contributed by atoms with van der Waals surface area (Å²) in [5.41, 5.74) is 0. The highest BCUT2D eigenvalue weighted by molar-refractivity contribution is 7.47. The Hall–Kier alpha value is -2.56. The molecule has 0 saturated carbocycles. The molecule has 0 bridgehead atoms. The molecule has 0 radical (unpaired) electrons. The van der Waals surface area contributed by atoms with Gasteiger partial charge >= 0.3 is 19.8 Å². The Morgan fingerprint density at radius 2 is 0.887 bits per heavy atom. The van der Waals surface area contributed by atoms with Crippen LogP contribution in [0.2, 0.25) is 0 Å². The van der Waals surface area contributed by atoms with Gasteiger partial charge in [0.15, 0.2) is 6.04 Å². The molecular formula is C50H90NO10P. The molecule has 0 aromatic rings. The first kappa shape index (κ1) is 59.4. The second kappa shape index (κ2) is 45.0. The fourth-order valence-corrected chi connectivity index (χ4v) is 7.54. The van der Waals surface area contributed by atoms with Crippen molar-refractivity contribution in [2.75, 3.05) is 19.8 Å². The Balaban J connectivity index is 3.89. The predicted octanol–water partition coefficient (Wildman–Crippen LogP) is 13.3. The van der Waals surface area contributed by atoms with Gasteiger partial charge in [0.05, 0.1) is 13.2 Å².